The van der Waals surface area contributed by atoms with E-state index < -0.39 is 15.9 Å². The van der Waals surface area contributed by atoms with Crippen molar-refractivity contribution in [3.05, 3.63) is 83.9 Å². The maximum atomic E-state index is 12.8. The Morgan fingerprint density at radius 2 is 1.45 bits per heavy atom. The summed E-state index contributed by atoms with van der Waals surface area (Å²) in [6, 6.07) is 22.7. The van der Waals surface area contributed by atoms with Crippen LogP contribution in [0.1, 0.15) is 11.1 Å². The van der Waals surface area contributed by atoms with Gasteiger partial charge in [0.2, 0.25) is 15.9 Å². The van der Waals surface area contributed by atoms with Crippen LogP contribution in [0.4, 0.5) is 11.4 Å². The zero-order valence-electron chi connectivity index (χ0n) is 16.7. The van der Waals surface area contributed by atoms with E-state index in [-0.39, 0.29) is 6.54 Å². The van der Waals surface area contributed by atoms with Crippen molar-refractivity contribution in [1.29, 1.82) is 0 Å². The minimum atomic E-state index is -3.64. The van der Waals surface area contributed by atoms with Crippen molar-refractivity contribution >= 4 is 27.3 Å². The maximum Gasteiger partial charge on any atom is 0.245 e. The van der Waals surface area contributed by atoms with E-state index in [9.17, 15) is 13.2 Å². The van der Waals surface area contributed by atoms with Crippen LogP contribution < -0.4 is 9.62 Å². The summed E-state index contributed by atoms with van der Waals surface area (Å²) >= 11 is 0. The lowest BCUT2D eigenvalue weighted by Gasteiger charge is -2.25. The highest BCUT2D eigenvalue weighted by Gasteiger charge is 2.24. The molecule has 0 aliphatic heterocycles. The Bertz CT molecular complexity index is 1110. The molecule has 6 heteroatoms. The van der Waals surface area contributed by atoms with Crippen LogP contribution in [0, 0.1) is 13.8 Å². The van der Waals surface area contributed by atoms with Gasteiger partial charge >= 0.3 is 0 Å². The lowest BCUT2D eigenvalue weighted by atomic mass is 10.0. The summed E-state index contributed by atoms with van der Waals surface area (Å²) < 4.78 is 26.1. The van der Waals surface area contributed by atoms with Crippen molar-refractivity contribution in [3.8, 4) is 11.1 Å². The van der Waals surface area contributed by atoms with Crippen LogP contribution in [0.15, 0.2) is 72.8 Å². The number of hydrogen-bond acceptors (Lipinski definition) is 3. The number of aryl methyl sites for hydroxylation is 2. The van der Waals surface area contributed by atoms with Crippen LogP contribution in [-0.4, -0.2) is 27.1 Å². The van der Waals surface area contributed by atoms with Crippen molar-refractivity contribution < 1.29 is 13.2 Å². The maximum absolute atomic E-state index is 12.8. The summed E-state index contributed by atoms with van der Waals surface area (Å²) in [7, 11) is -3.64. The van der Waals surface area contributed by atoms with Gasteiger partial charge in [-0.15, -0.1) is 0 Å². The van der Waals surface area contributed by atoms with Gasteiger partial charge in [0, 0.05) is 11.3 Å². The molecule has 0 aliphatic carbocycles. The predicted molar refractivity (Wildman–Crippen MR) is 119 cm³/mol. The molecule has 1 amide bonds. The van der Waals surface area contributed by atoms with Crippen LogP contribution in [0.25, 0.3) is 11.1 Å². The number of anilines is 2. The van der Waals surface area contributed by atoms with Gasteiger partial charge in [-0.2, -0.15) is 0 Å². The number of carbonyl (C=O) groups is 1. The molecule has 3 aromatic carbocycles. The molecule has 1 N–H and O–H groups in total. The van der Waals surface area contributed by atoms with Crippen LogP contribution in [0.2, 0.25) is 0 Å². The van der Waals surface area contributed by atoms with E-state index in [1.165, 1.54) is 0 Å². The van der Waals surface area contributed by atoms with E-state index in [1.54, 1.807) is 0 Å². The standard InChI is InChI=1S/C23H24N2O3S/c1-17-10-9-11-18(2)23(17)25(29(3,27)28)16-22(26)24-21-15-8-7-14-20(21)19-12-5-4-6-13-19/h4-15H,16H2,1-3H3,(H,24,26). The first-order valence-electron chi connectivity index (χ1n) is 9.25. The number of sulfonamides is 1. The van der Waals surface area contributed by atoms with Crippen molar-refractivity contribution in [3.63, 3.8) is 0 Å². The topological polar surface area (TPSA) is 66.5 Å². The monoisotopic (exact) mass is 408 g/mol. The van der Waals surface area contributed by atoms with E-state index in [0.717, 1.165) is 32.8 Å². The third kappa shape index (κ3) is 4.84. The third-order valence-electron chi connectivity index (χ3n) is 4.66. The van der Waals surface area contributed by atoms with Crippen molar-refractivity contribution in [2.24, 2.45) is 0 Å². The number of nitrogens with zero attached hydrogens (tertiary/aromatic N) is 1. The Balaban J connectivity index is 1.90. The molecule has 3 rings (SSSR count). The van der Waals surface area contributed by atoms with Gasteiger partial charge in [0.05, 0.1) is 11.9 Å². The number of rotatable bonds is 6. The van der Waals surface area contributed by atoms with Gasteiger partial charge in [-0.1, -0.05) is 66.7 Å². The SMILES string of the molecule is Cc1cccc(C)c1N(CC(=O)Nc1ccccc1-c1ccccc1)S(C)(=O)=O. The van der Waals surface area contributed by atoms with Gasteiger partial charge < -0.3 is 5.32 Å². The van der Waals surface area contributed by atoms with Crippen LogP contribution in [0.5, 0.6) is 0 Å². The molecular formula is C23H24N2O3S. The van der Waals surface area contributed by atoms with Crippen LogP contribution in [-0.2, 0) is 14.8 Å². The van der Waals surface area contributed by atoms with E-state index >= 15 is 0 Å². The molecular weight excluding hydrogens is 384 g/mol. The van der Waals surface area contributed by atoms with Gasteiger partial charge in [0.1, 0.15) is 6.54 Å². The van der Waals surface area contributed by atoms with E-state index in [4.69, 9.17) is 0 Å². The minimum absolute atomic E-state index is 0.298. The number of para-hydroxylation sites is 2. The molecule has 150 valence electrons. The van der Waals surface area contributed by atoms with Crippen molar-refractivity contribution in [2.45, 2.75) is 13.8 Å². The molecule has 0 spiro atoms. The van der Waals surface area contributed by atoms with E-state index in [0.29, 0.717) is 11.4 Å². The Hall–Kier alpha value is -3.12. The second-order valence-corrected chi connectivity index (χ2v) is 8.88. The summed E-state index contributed by atoms with van der Waals surface area (Å²) in [5, 5.41) is 2.88. The second kappa shape index (κ2) is 8.49. The second-order valence-electron chi connectivity index (χ2n) is 6.97. The number of benzene rings is 3. The first-order valence-corrected chi connectivity index (χ1v) is 11.1. The molecule has 0 aromatic heterocycles. The number of amides is 1. The summed E-state index contributed by atoms with van der Waals surface area (Å²) in [6.45, 7) is 3.37. The Labute approximate surface area is 172 Å². The average molecular weight is 409 g/mol. The molecule has 0 radical (unpaired) electrons. The lowest BCUT2D eigenvalue weighted by molar-refractivity contribution is -0.114. The molecule has 0 unspecified atom stereocenters. The lowest BCUT2D eigenvalue weighted by Crippen LogP contribution is -2.38. The normalized spacial score (nSPS) is 11.1. The quantitative estimate of drug-likeness (QED) is 0.658. The first kappa shape index (κ1) is 20.6. The van der Waals surface area contributed by atoms with Gasteiger partial charge in [-0.05, 0) is 36.6 Å². The van der Waals surface area contributed by atoms with Crippen LogP contribution in [0.3, 0.4) is 0 Å². The number of hydrogen-bond donors (Lipinski definition) is 1. The largest absolute Gasteiger partial charge is 0.324 e. The highest BCUT2D eigenvalue weighted by Crippen LogP contribution is 2.29. The molecule has 0 atom stereocenters. The van der Waals surface area contributed by atoms with Gasteiger partial charge in [0.25, 0.3) is 0 Å². The summed E-state index contributed by atoms with van der Waals surface area (Å²) in [5.74, 6) is -0.401. The van der Waals surface area contributed by atoms with Crippen molar-refractivity contribution in [2.75, 3.05) is 22.4 Å². The third-order valence-corrected chi connectivity index (χ3v) is 5.77. The molecule has 0 bridgehead atoms. The Kier molecular flexibility index (Phi) is 6.03. The zero-order valence-corrected chi connectivity index (χ0v) is 17.5. The summed E-state index contributed by atoms with van der Waals surface area (Å²) in [6.07, 6.45) is 1.12. The fourth-order valence-electron chi connectivity index (χ4n) is 3.34. The minimum Gasteiger partial charge on any atom is -0.324 e. The van der Waals surface area contributed by atoms with Crippen LogP contribution >= 0.6 is 0 Å². The Morgan fingerprint density at radius 3 is 2.07 bits per heavy atom. The molecule has 0 saturated heterocycles. The van der Waals surface area contributed by atoms with Gasteiger partial charge in [-0.25, -0.2) is 8.42 Å². The van der Waals surface area contributed by atoms with Crippen molar-refractivity contribution in [1.82, 2.24) is 0 Å². The first-order chi connectivity index (χ1) is 13.8. The molecule has 0 fully saturated rings. The molecule has 3 aromatic rings. The van der Waals surface area contributed by atoms with E-state index in [1.807, 2.05) is 86.6 Å². The smallest absolute Gasteiger partial charge is 0.245 e. The highest BCUT2D eigenvalue weighted by molar-refractivity contribution is 7.92. The molecule has 0 heterocycles. The Morgan fingerprint density at radius 1 is 0.862 bits per heavy atom. The zero-order chi connectivity index (χ0) is 21.0. The fourth-order valence-corrected chi connectivity index (χ4v) is 4.31. The van der Waals surface area contributed by atoms with Gasteiger partial charge in [-0.3, -0.25) is 9.10 Å². The summed E-state index contributed by atoms with van der Waals surface area (Å²) in [5.41, 5.74) is 4.62. The van der Waals surface area contributed by atoms with E-state index in [2.05, 4.69) is 5.32 Å². The molecule has 29 heavy (non-hydrogen) atoms. The molecule has 0 aliphatic rings. The number of nitrogens with one attached hydrogen (secondary N) is 1. The van der Waals surface area contributed by atoms with Gasteiger partial charge in [0.15, 0.2) is 0 Å². The molecule has 5 nitrogen and oxygen atoms in total. The average Bonchev–Trinajstić information content (AvgIpc) is 2.67. The predicted octanol–water partition coefficient (Wildman–Crippen LogP) is 4.38. The molecule has 0 saturated carbocycles. The highest BCUT2D eigenvalue weighted by atomic mass is 32.2. The summed E-state index contributed by atoms with van der Waals surface area (Å²) in [4.78, 5) is 12.8. The fraction of sp³-hybridized carbons (Fsp3) is 0.174. The number of carbonyl (C=O) groups excluding carboxylic acids is 1.